The van der Waals surface area contributed by atoms with Gasteiger partial charge in [-0.1, -0.05) is 18.2 Å². The number of Topliss-reactive ketones (excluding diaryl/α,β-unsaturated/α-hetero) is 1. The van der Waals surface area contributed by atoms with Crippen LogP contribution in [0.4, 0.5) is 0 Å². The van der Waals surface area contributed by atoms with Crippen LogP contribution in [0.5, 0.6) is 0 Å². The zero-order valence-electron chi connectivity index (χ0n) is 7.31. The third-order valence-electron chi connectivity index (χ3n) is 3.70. The van der Waals surface area contributed by atoms with Crippen LogP contribution in [0.3, 0.4) is 0 Å². The van der Waals surface area contributed by atoms with E-state index >= 15 is 0 Å². The van der Waals surface area contributed by atoms with Gasteiger partial charge in [0.2, 0.25) is 0 Å². The number of allylic oxidation sites excluding steroid dienone is 3. The molecule has 0 aromatic carbocycles. The third-order valence-corrected chi connectivity index (χ3v) is 3.70. The van der Waals surface area contributed by atoms with Crippen molar-refractivity contribution in [1.29, 1.82) is 0 Å². The van der Waals surface area contributed by atoms with Crippen molar-refractivity contribution in [2.24, 2.45) is 23.7 Å². The lowest BCUT2D eigenvalue weighted by Gasteiger charge is -2.17. The lowest BCUT2D eigenvalue weighted by molar-refractivity contribution is -0.120. The van der Waals surface area contributed by atoms with Crippen LogP contribution in [0.15, 0.2) is 23.8 Å². The summed E-state index contributed by atoms with van der Waals surface area (Å²) in [5.41, 5.74) is 0.647. The molecule has 0 saturated heterocycles. The van der Waals surface area contributed by atoms with Crippen LogP contribution in [0.2, 0.25) is 0 Å². The summed E-state index contributed by atoms with van der Waals surface area (Å²) in [4.78, 5) is 11.7. The number of hydrogen-bond acceptors (Lipinski definition) is 2. The number of hydrogen-bond donors (Lipinski definition) is 1. The van der Waals surface area contributed by atoms with Crippen molar-refractivity contribution >= 4 is 5.78 Å². The molecule has 0 aliphatic heterocycles. The molecule has 2 nitrogen and oxygen atoms in total. The first kappa shape index (κ1) is 7.51. The van der Waals surface area contributed by atoms with Crippen molar-refractivity contribution in [2.75, 3.05) is 6.61 Å². The molecule has 3 aliphatic rings. The van der Waals surface area contributed by atoms with Crippen LogP contribution < -0.4 is 0 Å². The molecule has 0 amide bonds. The van der Waals surface area contributed by atoms with Gasteiger partial charge in [-0.3, -0.25) is 4.79 Å². The molecule has 3 rings (SSSR count). The quantitative estimate of drug-likeness (QED) is 0.603. The van der Waals surface area contributed by atoms with Crippen LogP contribution in [-0.4, -0.2) is 17.5 Å². The van der Waals surface area contributed by atoms with Gasteiger partial charge in [0.1, 0.15) is 0 Å². The fraction of sp³-hybridized carbons (Fsp3) is 0.545. The van der Waals surface area contributed by atoms with Gasteiger partial charge < -0.3 is 5.11 Å². The van der Waals surface area contributed by atoms with E-state index in [0.717, 1.165) is 6.42 Å². The van der Waals surface area contributed by atoms with Gasteiger partial charge in [-0.25, -0.2) is 0 Å². The van der Waals surface area contributed by atoms with E-state index < -0.39 is 0 Å². The van der Waals surface area contributed by atoms with E-state index in [2.05, 4.69) is 12.2 Å². The van der Waals surface area contributed by atoms with Crippen LogP contribution in [0.1, 0.15) is 6.42 Å². The largest absolute Gasteiger partial charge is 0.392 e. The first-order chi connectivity index (χ1) is 6.31. The Balaban J connectivity index is 2.00. The maximum Gasteiger partial charge on any atom is 0.165 e. The van der Waals surface area contributed by atoms with Gasteiger partial charge in [0.05, 0.1) is 6.61 Å². The normalized spacial score (nSPS) is 45.6. The average Bonchev–Trinajstić information content (AvgIpc) is 2.76. The molecule has 68 valence electrons. The molecule has 0 aromatic rings. The summed E-state index contributed by atoms with van der Waals surface area (Å²) in [7, 11) is 0. The van der Waals surface area contributed by atoms with E-state index in [1.165, 1.54) is 0 Å². The number of aliphatic hydroxyl groups is 1. The van der Waals surface area contributed by atoms with Gasteiger partial charge in [0.25, 0.3) is 0 Å². The Kier molecular flexibility index (Phi) is 1.34. The first-order valence-corrected chi connectivity index (χ1v) is 4.85. The van der Waals surface area contributed by atoms with Gasteiger partial charge >= 0.3 is 0 Å². The van der Waals surface area contributed by atoms with E-state index in [0.29, 0.717) is 23.3 Å². The molecule has 0 spiro atoms. The predicted molar refractivity (Wildman–Crippen MR) is 47.9 cm³/mol. The molecule has 0 unspecified atom stereocenters. The highest BCUT2D eigenvalue weighted by Gasteiger charge is 2.50. The summed E-state index contributed by atoms with van der Waals surface area (Å²) in [6.45, 7) is -0.0781. The second-order valence-electron chi connectivity index (χ2n) is 4.27. The highest BCUT2D eigenvalue weighted by Crippen LogP contribution is 2.52. The smallest absolute Gasteiger partial charge is 0.165 e. The highest BCUT2D eigenvalue weighted by atomic mass is 16.3. The Morgan fingerprint density at radius 2 is 2.15 bits per heavy atom. The molecule has 4 atom stereocenters. The lowest BCUT2D eigenvalue weighted by Crippen LogP contribution is -2.21. The molecular weight excluding hydrogens is 164 g/mol. The van der Waals surface area contributed by atoms with Crippen molar-refractivity contribution in [3.63, 3.8) is 0 Å². The number of carbonyl (C=O) groups is 1. The Hall–Kier alpha value is -0.890. The highest BCUT2D eigenvalue weighted by molar-refractivity contribution is 6.01. The van der Waals surface area contributed by atoms with E-state index in [-0.39, 0.29) is 18.3 Å². The second-order valence-corrected chi connectivity index (χ2v) is 4.27. The van der Waals surface area contributed by atoms with Crippen molar-refractivity contribution < 1.29 is 9.90 Å². The maximum absolute atomic E-state index is 11.7. The Labute approximate surface area is 76.9 Å². The van der Waals surface area contributed by atoms with Crippen LogP contribution in [0, 0.1) is 23.7 Å². The molecule has 1 N–H and O–H groups in total. The third kappa shape index (κ3) is 0.792. The van der Waals surface area contributed by atoms with Gasteiger partial charge in [-0.05, 0) is 24.2 Å². The molecule has 0 aromatic heterocycles. The summed E-state index contributed by atoms with van der Waals surface area (Å²) in [6, 6.07) is 0. The van der Waals surface area contributed by atoms with Crippen LogP contribution in [-0.2, 0) is 4.79 Å². The number of carbonyl (C=O) groups excluding carboxylic acids is 1. The minimum atomic E-state index is -0.0781. The van der Waals surface area contributed by atoms with Gasteiger partial charge in [-0.15, -0.1) is 0 Å². The average molecular weight is 176 g/mol. The minimum Gasteiger partial charge on any atom is -0.392 e. The molecule has 1 saturated carbocycles. The van der Waals surface area contributed by atoms with Crippen LogP contribution >= 0.6 is 0 Å². The van der Waals surface area contributed by atoms with Gasteiger partial charge in [-0.2, -0.15) is 0 Å². The predicted octanol–water partition coefficient (Wildman–Crippen LogP) is 0.926. The minimum absolute atomic E-state index is 0.0781. The fourth-order valence-corrected chi connectivity index (χ4v) is 3.12. The van der Waals surface area contributed by atoms with Crippen molar-refractivity contribution in [3.05, 3.63) is 23.8 Å². The number of aliphatic hydroxyl groups excluding tert-OH is 1. The van der Waals surface area contributed by atoms with Crippen LogP contribution in [0.25, 0.3) is 0 Å². The molecule has 2 heteroatoms. The van der Waals surface area contributed by atoms with E-state index in [9.17, 15) is 4.79 Å². The fourth-order valence-electron chi connectivity index (χ4n) is 3.12. The molecule has 1 fully saturated rings. The second kappa shape index (κ2) is 2.32. The number of rotatable bonds is 1. The molecule has 0 radical (unpaired) electrons. The standard InChI is InChI=1S/C11H12O2/c12-5-8-4-9-6-1-2-7(3-6)10(9)11(8)13/h1-2,4,6-7,9-10,12H,3,5H2/t6-,7+,9+,10-/m0/s1. The summed E-state index contributed by atoms with van der Waals surface area (Å²) in [5.74, 6) is 1.82. The van der Waals surface area contributed by atoms with Crippen molar-refractivity contribution in [2.45, 2.75) is 6.42 Å². The van der Waals surface area contributed by atoms with Crippen molar-refractivity contribution in [1.82, 2.24) is 0 Å². The molecule has 0 heterocycles. The molecule has 3 aliphatic carbocycles. The summed E-state index contributed by atoms with van der Waals surface area (Å²) in [6.07, 6.45) is 7.56. The molecular formula is C11H12O2. The van der Waals surface area contributed by atoms with E-state index in [4.69, 9.17) is 5.11 Å². The monoisotopic (exact) mass is 176 g/mol. The van der Waals surface area contributed by atoms with E-state index in [1.54, 1.807) is 0 Å². The molecule has 13 heavy (non-hydrogen) atoms. The summed E-state index contributed by atoms with van der Waals surface area (Å²) < 4.78 is 0. The Bertz CT molecular complexity index is 327. The lowest BCUT2D eigenvalue weighted by atomic mass is 9.85. The topological polar surface area (TPSA) is 37.3 Å². The Morgan fingerprint density at radius 3 is 2.85 bits per heavy atom. The SMILES string of the molecule is O=C1C(CO)=C[C@H]2[C@@H]1[C@@H]1C=C[C@H]2C1. The number of ketones is 1. The van der Waals surface area contributed by atoms with Gasteiger partial charge in [0, 0.05) is 11.5 Å². The van der Waals surface area contributed by atoms with Gasteiger partial charge in [0.15, 0.2) is 5.78 Å². The first-order valence-electron chi connectivity index (χ1n) is 4.85. The zero-order chi connectivity index (χ0) is 9.00. The summed E-state index contributed by atoms with van der Waals surface area (Å²) >= 11 is 0. The van der Waals surface area contributed by atoms with Crippen molar-refractivity contribution in [3.8, 4) is 0 Å². The van der Waals surface area contributed by atoms with E-state index in [1.807, 2.05) is 6.08 Å². The number of fused-ring (bicyclic) bond motifs is 5. The maximum atomic E-state index is 11.7. The zero-order valence-corrected chi connectivity index (χ0v) is 7.31. The molecule has 2 bridgehead atoms. The summed E-state index contributed by atoms with van der Waals surface area (Å²) in [5, 5.41) is 8.98. The Morgan fingerprint density at radius 1 is 1.38 bits per heavy atom.